The third-order valence-electron chi connectivity index (χ3n) is 1.53. The van der Waals surface area contributed by atoms with Crippen molar-refractivity contribution in [2.24, 2.45) is 5.41 Å². The summed E-state index contributed by atoms with van der Waals surface area (Å²) in [5.41, 5.74) is -0.716. The Kier molecular flexibility index (Phi) is 2.99. The van der Waals surface area contributed by atoms with Crippen molar-refractivity contribution in [1.29, 1.82) is 0 Å². The Hall–Kier alpha value is -0.410. The molecule has 60 valence electrons. The van der Waals surface area contributed by atoms with Crippen LogP contribution in [0.4, 0.5) is 0 Å². The SMILES string of the molecule is CC(=O)C(O)C(C)(C)CO. The molecule has 0 amide bonds. The number of Topliss-reactive ketones (excluding diaryl/α,β-unsaturated/α-hetero) is 1. The van der Waals surface area contributed by atoms with E-state index in [1.807, 2.05) is 0 Å². The molecule has 0 aromatic heterocycles. The van der Waals surface area contributed by atoms with Gasteiger partial charge in [-0.1, -0.05) is 13.8 Å². The number of aliphatic hydroxyl groups excluding tert-OH is 2. The average molecular weight is 146 g/mol. The second kappa shape index (κ2) is 3.12. The third kappa shape index (κ3) is 2.08. The molecule has 0 heterocycles. The Morgan fingerprint density at radius 3 is 2.10 bits per heavy atom. The van der Waals surface area contributed by atoms with E-state index in [0.29, 0.717) is 0 Å². The van der Waals surface area contributed by atoms with Crippen molar-refractivity contribution in [2.75, 3.05) is 6.61 Å². The number of hydrogen-bond donors (Lipinski definition) is 2. The van der Waals surface area contributed by atoms with Crippen LogP contribution < -0.4 is 0 Å². The largest absolute Gasteiger partial charge is 0.396 e. The van der Waals surface area contributed by atoms with Crippen molar-refractivity contribution in [3.8, 4) is 0 Å². The fraction of sp³-hybridized carbons (Fsp3) is 0.857. The quantitative estimate of drug-likeness (QED) is 0.587. The minimum absolute atomic E-state index is 0.187. The summed E-state index contributed by atoms with van der Waals surface area (Å²) in [4.78, 5) is 10.6. The van der Waals surface area contributed by atoms with Gasteiger partial charge in [-0.25, -0.2) is 0 Å². The first kappa shape index (κ1) is 9.59. The van der Waals surface area contributed by atoms with E-state index in [2.05, 4.69) is 0 Å². The Morgan fingerprint density at radius 2 is 2.00 bits per heavy atom. The van der Waals surface area contributed by atoms with E-state index in [0.717, 1.165) is 0 Å². The molecule has 2 N–H and O–H groups in total. The highest BCUT2D eigenvalue weighted by molar-refractivity contribution is 5.80. The molecule has 0 aromatic carbocycles. The molecule has 0 saturated heterocycles. The van der Waals surface area contributed by atoms with Crippen molar-refractivity contribution in [1.82, 2.24) is 0 Å². The molecule has 1 unspecified atom stereocenters. The van der Waals surface area contributed by atoms with E-state index in [4.69, 9.17) is 10.2 Å². The average Bonchev–Trinajstić information content (AvgIpc) is 1.86. The number of carbonyl (C=O) groups is 1. The van der Waals surface area contributed by atoms with Crippen LogP contribution in [0.25, 0.3) is 0 Å². The summed E-state index contributed by atoms with van der Waals surface area (Å²) in [5.74, 6) is -0.306. The second-order valence-electron chi connectivity index (χ2n) is 3.16. The zero-order valence-corrected chi connectivity index (χ0v) is 6.59. The van der Waals surface area contributed by atoms with Crippen LogP contribution in [-0.2, 0) is 4.79 Å². The molecular weight excluding hydrogens is 132 g/mol. The van der Waals surface area contributed by atoms with Gasteiger partial charge in [-0.15, -0.1) is 0 Å². The van der Waals surface area contributed by atoms with E-state index < -0.39 is 11.5 Å². The number of aliphatic hydroxyl groups is 2. The van der Waals surface area contributed by atoms with Gasteiger partial charge in [-0.3, -0.25) is 4.79 Å². The highest BCUT2D eigenvalue weighted by Crippen LogP contribution is 2.19. The van der Waals surface area contributed by atoms with Gasteiger partial charge < -0.3 is 10.2 Å². The topological polar surface area (TPSA) is 57.5 Å². The fourth-order valence-corrected chi connectivity index (χ4v) is 0.637. The van der Waals surface area contributed by atoms with Gasteiger partial charge in [0.25, 0.3) is 0 Å². The lowest BCUT2D eigenvalue weighted by Crippen LogP contribution is -2.37. The maximum atomic E-state index is 10.6. The lowest BCUT2D eigenvalue weighted by Gasteiger charge is -2.25. The van der Waals surface area contributed by atoms with Crippen LogP contribution in [0.15, 0.2) is 0 Å². The standard InChI is InChI=1S/C7H14O3/c1-5(9)6(10)7(2,3)4-8/h6,8,10H,4H2,1-3H3. The molecule has 1 atom stereocenters. The maximum absolute atomic E-state index is 10.6. The zero-order valence-electron chi connectivity index (χ0n) is 6.59. The van der Waals surface area contributed by atoms with Crippen molar-refractivity contribution in [2.45, 2.75) is 26.9 Å². The second-order valence-corrected chi connectivity index (χ2v) is 3.16. The summed E-state index contributed by atoms with van der Waals surface area (Å²) in [5, 5.41) is 17.8. The van der Waals surface area contributed by atoms with Crippen LogP contribution in [0, 0.1) is 5.41 Å². The first-order valence-corrected chi connectivity index (χ1v) is 3.21. The van der Waals surface area contributed by atoms with E-state index >= 15 is 0 Å². The molecule has 3 nitrogen and oxygen atoms in total. The normalized spacial score (nSPS) is 14.9. The third-order valence-corrected chi connectivity index (χ3v) is 1.53. The van der Waals surface area contributed by atoms with Crippen LogP contribution in [0.3, 0.4) is 0 Å². The van der Waals surface area contributed by atoms with Crippen LogP contribution >= 0.6 is 0 Å². The van der Waals surface area contributed by atoms with Crippen molar-refractivity contribution in [3.63, 3.8) is 0 Å². The molecule has 0 rings (SSSR count). The fourth-order valence-electron chi connectivity index (χ4n) is 0.637. The summed E-state index contributed by atoms with van der Waals surface area (Å²) in [7, 11) is 0. The van der Waals surface area contributed by atoms with Gasteiger partial charge >= 0.3 is 0 Å². The van der Waals surface area contributed by atoms with Crippen molar-refractivity contribution < 1.29 is 15.0 Å². The molecule has 3 heteroatoms. The highest BCUT2D eigenvalue weighted by Gasteiger charge is 2.30. The van der Waals surface area contributed by atoms with E-state index in [-0.39, 0.29) is 12.4 Å². The Balaban J connectivity index is 4.17. The lowest BCUT2D eigenvalue weighted by molar-refractivity contribution is -0.132. The van der Waals surface area contributed by atoms with Gasteiger partial charge in [0.1, 0.15) is 6.10 Å². The molecular formula is C7H14O3. The predicted molar refractivity (Wildman–Crippen MR) is 37.6 cm³/mol. The summed E-state index contributed by atoms with van der Waals surface area (Å²) in [6.45, 7) is 4.40. The minimum Gasteiger partial charge on any atom is -0.396 e. The molecule has 0 saturated carbocycles. The van der Waals surface area contributed by atoms with Gasteiger partial charge in [0, 0.05) is 5.41 Å². The first-order chi connectivity index (χ1) is 4.41. The van der Waals surface area contributed by atoms with Crippen molar-refractivity contribution in [3.05, 3.63) is 0 Å². The number of hydrogen-bond acceptors (Lipinski definition) is 3. The number of ketones is 1. The van der Waals surface area contributed by atoms with Gasteiger partial charge in [0.2, 0.25) is 0 Å². The van der Waals surface area contributed by atoms with Crippen LogP contribution in [0.1, 0.15) is 20.8 Å². The first-order valence-electron chi connectivity index (χ1n) is 3.21. The van der Waals surface area contributed by atoms with E-state index in [1.165, 1.54) is 6.92 Å². The van der Waals surface area contributed by atoms with E-state index in [9.17, 15) is 4.79 Å². The smallest absolute Gasteiger partial charge is 0.158 e. The molecule has 0 aliphatic carbocycles. The summed E-state index contributed by atoms with van der Waals surface area (Å²) < 4.78 is 0. The Bertz CT molecular complexity index is 129. The van der Waals surface area contributed by atoms with E-state index in [1.54, 1.807) is 13.8 Å². The number of carbonyl (C=O) groups excluding carboxylic acids is 1. The molecule has 0 radical (unpaired) electrons. The highest BCUT2D eigenvalue weighted by atomic mass is 16.3. The van der Waals surface area contributed by atoms with Crippen LogP contribution in [0.5, 0.6) is 0 Å². The summed E-state index contributed by atoms with van der Waals surface area (Å²) in [6.07, 6.45) is -1.06. The number of rotatable bonds is 3. The van der Waals surface area contributed by atoms with Gasteiger partial charge in [-0.05, 0) is 6.92 Å². The molecule has 0 aromatic rings. The molecule has 0 aliphatic heterocycles. The van der Waals surface area contributed by atoms with Crippen molar-refractivity contribution >= 4 is 5.78 Å². The van der Waals surface area contributed by atoms with Crippen LogP contribution in [0.2, 0.25) is 0 Å². The Labute approximate surface area is 60.7 Å². The summed E-state index contributed by atoms with van der Waals surface area (Å²) >= 11 is 0. The lowest BCUT2D eigenvalue weighted by atomic mass is 9.86. The Morgan fingerprint density at radius 1 is 1.60 bits per heavy atom. The molecule has 10 heavy (non-hydrogen) atoms. The monoisotopic (exact) mass is 146 g/mol. The molecule has 0 spiro atoms. The summed E-state index contributed by atoms with van der Waals surface area (Å²) in [6, 6.07) is 0. The van der Waals surface area contributed by atoms with Crippen LogP contribution in [-0.4, -0.2) is 28.7 Å². The van der Waals surface area contributed by atoms with Gasteiger partial charge in [0.15, 0.2) is 5.78 Å². The maximum Gasteiger partial charge on any atom is 0.158 e. The molecule has 0 aliphatic rings. The van der Waals surface area contributed by atoms with Gasteiger partial charge in [0.05, 0.1) is 6.61 Å². The molecule has 0 fully saturated rings. The van der Waals surface area contributed by atoms with Gasteiger partial charge in [-0.2, -0.15) is 0 Å². The predicted octanol–water partition coefficient (Wildman–Crippen LogP) is -0.0452. The molecule has 0 bridgehead atoms. The zero-order chi connectivity index (χ0) is 8.36. The minimum atomic E-state index is -1.06.